The summed E-state index contributed by atoms with van der Waals surface area (Å²) < 4.78 is 5.09. The van der Waals surface area contributed by atoms with Crippen LogP contribution in [0.4, 0.5) is 0 Å². The maximum Gasteiger partial charge on any atom is 1.00 e. The van der Waals surface area contributed by atoms with Crippen LogP contribution < -0.4 is 35.4 Å². The number of allylic oxidation sites excluding steroid dienone is 3. The van der Waals surface area contributed by atoms with Crippen molar-refractivity contribution in [3.63, 3.8) is 0 Å². The first-order valence-corrected chi connectivity index (χ1v) is 6.71. The molecule has 0 saturated carbocycles. The minimum atomic E-state index is -0.581. The number of aromatic nitrogens is 1. The molecule has 1 heterocycles. The smallest absolute Gasteiger partial charge is 0.589 e. The predicted octanol–water partition coefficient (Wildman–Crippen LogP) is 0.462. The number of amides is 1. The summed E-state index contributed by atoms with van der Waals surface area (Å²) in [6.07, 6.45) is 8.53. The Morgan fingerprint density at radius 3 is 2.90 bits per heavy atom. The Morgan fingerprint density at radius 1 is 1.57 bits per heavy atom. The molecule has 0 spiro atoms. The van der Waals surface area contributed by atoms with E-state index in [4.69, 9.17) is 10.4 Å². The minimum absolute atomic E-state index is 0. The quantitative estimate of drug-likeness (QED) is 0.289. The number of hydrogen-bond donors (Lipinski definition) is 1. The van der Waals surface area contributed by atoms with Gasteiger partial charge >= 0.3 is 29.6 Å². The largest absolute Gasteiger partial charge is 1.00 e. The van der Waals surface area contributed by atoms with Gasteiger partial charge in [-0.1, -0.05) is 36.7 Å². The van der Waals surface area contributed by atoms with E-state index in [1.165, 1.54) is 5.57 Å². The number of nitrogens with two attached hydrogens (primary N) is 1. The van der Waals surface area contributed by atoms with Crippen LogP contribution in [-0.2, 0) is 0 Å². The molecule has 2 N–H and O–H groups in total. The number of carbonyl (C=O) groups excluding carboxylic acids is 1. The number of carbonyl (C=O) groups is 1. The van der Waals surface area contributed by atoms with E-state index >= 15 is 0 Å². The molecule has 1 amide bonds. The van der Waals surface area contributed by atoms with Gasteiger partial charge in [0, 0.05) is 12.0 Å². The van der Waals surface area contributed by atoms with E-state index in [1.54, 1.807) is 6.07 Å². The van der Waals surface area contributed by atoms with Gasteiger partial charge in [0.2, 0.25) is 0 Å². The van der Waals surface area contributed by atoms with E-state index < -0.39 is 5.91 Å². The molecule has 1 aromatic rings. The molecule has 6 heteroatoms. The van der Waals surface area contributed by atoms with Crippen LogP contribution in [0.2, 0.25) is 0 Å². The van der Waals surface area contributed by atoms with Crippen LogP contribution in [-0.4, -0.2) is 11.1 Å². The van der Waals surface area contributed by atoms with Crippen LogP contribution in [0.5, 0.6) is 0 Å². The molecule has 1 aliphatic carbocycles. The maximum atomic E-state index is 11.2. The first-order valence-electron chi connectivity index (χ1n) is 6.71. The molecule has 0 radical (unpaired) electrons. The Morgan fingerprint density at radius 2 is 2.29 bits per heavy atom. The van der Waals surface area contributed by atoms with E-state index in [1.807, 2.05) is 6.08 Å². The van der Waals surface area contributed by atoms with Crippen LogP contribution >= 0.6 is 0 Å². The number of rotatable bonds is 3. The van der Waals surface area contributed by atoms with Gasteiger partial charge in [-0.2, -0.15) is 0 Å². The fourth-order valence-corrected chi connectivity index (χ4v) is 2.71. The third-order valence-corrected chi connectivity index (χ3v) is 3.91. The molecule has 0 fully saturated rings. The Labute approximate surface area is 147 Å². The molecule has 21 heavy (non-hydrogen) atoms. The zero-order chi connectivity index (χ0) is 14.8. The number of hydrogen-bond acceptors (Lipinski definition) is 4. The summed E-state index contributed by atoms with van der Waals surface area (Å²) in [7, 11) is 0. The SMILES string of the molecule is CC1=CCCC(C)(C)C1/C=C/c1cc(C(=O)[N-]N)no1.[Na+]. The van der Waals surface area contributed by atoms with Crippen molar-refractivity contribution in [3.8, 4) is 0 Å². The molecule has 1 unspecified atom stereocenters. The second kappa shape index (κ2) is 7.40. The third kappa shape index (κ3) is 4.30. The Kier molecular flexibility index (Phi) is 6.41. The zero-order valence-corrected chi connectivity index (χ0v) is 15.1. The molecule has 0 aliphatic heterocycles. The van der Waals surface area contributed by atoms with Crippen molar-refractivity contribution in [1.82, 2.24) is 5.16 Å². The van der Waals surface area contributed by atoms with Gasteiger partial charge in [-0.25, -0.2) is 0 Å². The topological polar surface area (TPSA) is 83.2 Å². The first-order chi connectivity index (χ1) is 9.44. The average Bonchev–Trinajstić information content (AvgIpc) is 2.85. The molecule has 1 atom stereocenters. The molecule has 108 valence electrons. The van der Waals surface area contributed by atoms with Gasteiger partial charge in [-0.3, -0.25) is 0 Å². The van der Waals surface area contributed by atoms with Crippen LogP contribution in [0.1, 0.15) is 49.9 Å². The summed E-state index contributed by atoms with van der Waals surface area (Å²) in [5.74, 6) is 5.24. The van der Waals surface area contributed by atoms with E-state index in [0.717, 1.165) is 12.8 Å². The van der Waals surface area contributed by atoms with E-state index in [9.17, 15) is 4.79 Å². The Hall–Kier alpha value is -0.880. The van der Waals surface area contributed by atoms with Crippen LogP contribution in [0.15, 0.2) is 28.3 Å². The van der Waals surface area contributed by atoms with E-state index in [2.05, 4.69) is 43.5 Å². The van der Waals surface area contributed by atoms with Crippen molar-refractivity contribution in [1.29, 1.82) is 0 Å². The molecular formula is C15H20N3NaO2. The van der Waals surface area contributed by atoms with Gasteiger partial charge in [0.15, 0.2) is 5.76 Å². The second-order valence-electron chi connectivity index (χ2n) is 5.86. The van der Waals surface area contributed by atoms with Crippen molar-refractivity contribution < 1.29 is 38.9 Å². The third-order valence-electron chi connectivity index (χ3n) is 3.91. The fraction of sp³-hybridized carbons (Fsp3) is 0.467. The molecule has 1 aliphatic rings. The van der Waals surface area contributed by atoms with Crippen LogP contribution in [0.3, 0.4) is 0 Å². The van der Waals surface area contributed by atoms with Crippen LogP contribution in [0, 0.1) is 11.3 Å². The molecule has 1 aromatic heterocycles. The monoisotopic (exact) mass is 297 g/mol. The van der Waals surface area contributed by atoms with E-state index in [0.29, 0.717) is 11.7 Å². The molecular weight excluding hydrogens is 277 g/mol. The summed E-state index contributed by atoms with van der Waals surface area (Å²) >= 11 is 0. The van der Waals surface area contributed by atoms with Gasteiger partial charge in [-0.05, 0) is 31.3 Å². The maximum absolute atomic E-state index is 11.2. The van der Waals surface area contributed by atoms with Crippen molar-refractivity contribution in [2.24, 2.45) is 17.2 Å². The van der Waals surface area contributed by atoms with Crippen molar-refractivity contribution in [2.75, 3.05) is 0 Å². The molecule has 0 saturated heterocycles. The van der Waals surface area contributed by atoms with Crippen molar-refractivity contribution in [2.45, 2.75) is 33.6 Å². The molecule has 0 aromatic carbocycles. The molecule has 0 bridgehead atoms. The predicted molar refractivity (Wildman–Crippen MR) is 77.7 cm³/mol. The number of nitrogens with zero attached hydrogens (tertiary/aromatic N) is 2. The fourth-order valence-electron chi connectivity index (χ4n) is 2.71. The minimum Gasteiger partial charge on any atom is -0.589 e. The average molecular weight is 297 g/mol. The van der Waals surface area contributed by atoms with Gasteiger partial charge in [-0.15, -0.1) is 0 Å². The summed E-state index contributed by atoms with van der Waals surface area (Å²) in [5.41, 5.74) is 4.78. The van der Waals surface area contributed by atoms with Crippen molar-refractivity contribution in [3.05, 3.63) is 40.7 Å². The second-order valence-corrected chi connectivity index (χ2v) is 5.86. The summed E-state index contributed by atoms with van der Waals surface area (Å²) in [6.45, 7) is 6.68. The molecule has 5 nitrogen and oxygen atoms in total. The first kappa shape index (κ1) is 18.2. The summed E-state index contributed by atoms with van der Waals surface area (Å²) in [5, 5.41) is 3.64. The van der Waals surface area contributed by atoms with Crippen molar-refractivity contribution >= 4 is 12.0 Å². The Balaban J connectivity index is 0.00000220. The molecule has 2 rings (SSSR count). The van der Waals surface area contributed by atoms with Gasteiger partial charge in [0.25, 0.3) is 0 Å². The standard InChI is InChI=1S/C15H21N3O2.Na/c1-10-5-4-8-15(2,3)12(10)7-6-11-9-13(18-20-11)14(19)17-16;/h5-7,9,12H,4,8H2,1-3H3,(H3,16,17,18,19);/q;+1/p-1/b7-6+;. The normalized spacial score (nSPS) is 20.8. The summed E-state index contributed by atoms with van der Waals surface area (Å²) in [6, 6.07) is 1.55. The Bertz CT molecular complexity index is 561. The van der Waals surface area contributed by atoms with E-state index in [-0.39, 0.29) is 40.7 Å². The van der Waals surface area contributed by atoms with Gasteiger partial charge in [0.05, 0.1) is 0 Å². The van der Waals surface area contributed by atoms with Gasteiger partial charge in [0.1, 0.15) is 11.6 Å². The summed E-state index contributed by atoms with van der Waals surface area (Å²) in [4.78, 5) is 11.2. The van der Waals surface area contributed by atoms with Crippen LogP contribution in [0.25, 0.3) is 11.5 Å². The van der Waals surface area contributed by atoms with Gasteiger partial charge < -0.3 is 20.6 Å². The zero-order valence-electron chi connectivity index (χ0n) is 13.1.